The van der Waals surface area contributed by atoms with Gasteiger partial charge in [0.15, 0.2) is 0 Å². The molecule has 0 aromatic carbocycles. The fourth-order valence-electron chi connectivity index (χ4n) is 2.09. The highest BCUT2D eigenvalue weighted by Gasteiger charge is 2.43. The van der Waals surface area contributed by atoms with Crippen LogP contribution in [0, 0.1) is 0 Å². The first-order chi connectivity index (χ1) is 8.24. The van der Waals surface area contributed by atoms with Gasteiger partial charge in [-0.2, -0.15) is 0 Å². The second-order valence-corrected chi connectivity index (χ2v) is 6.95. The molecule has 0 unspecified atom stereocenters. The fourth-order valence-corrected chi connectivity index (χ4v) is 2.65. The Bertz CT molecular complexity index is 440. The SMILES string of the molecule is CCC1(CC)NC(=O)CN(CCS(C)(=O)=O)C1=O. The molecule has 1 aliphatic rings. The molecule has 1 N–H and O–H groups in total. The van der Waals surface area contributed by atoms with Gasteiger partial charge in [-0.1, -0.05) is 13.8 Å². The van der Waals surface area contributed by atoms with E-state index in [0.29, 0.717) is 12.8 Å². The predicted molar refractivity (Wildman–Crippen MR) is 67.7 cm³/mol. The molecule has 104 valence electrons. The van der Waals surface area contributed by atoms with Crippen LogP contribution in [0.25, 0.3) is 0 Å². The smallest absolute Gasteiger partial charge is 0.248 e. The van der Waals surface area contributed by atoms with Crippen molar-refractivity contribution in [2.45, 2.75) is 32.2 Å². The van der Waals surface area contributed by atoms with E-state index in [1.54, 1.807) is 0 Å². The maximum Gasteiger partial charge on any atom is 0.248 e. The number of carbonyl (C=O) groups is 2. The maximum absolute atomic E-state index is 12.3. The van der Waals surface area contributed by atoms with Gasteiger partial charge in [-0.05, 0) is 12.8 Å². The van der Waals surface area contributed by atoms with E-state index in [-0.39, 0.29) is 30.7 Å². The number of nitrogens with zero attached hydrogens (tertiary/aromatic N) is 1. The molecule has 0 spiro atoms. The lowest BCUT2D eigenvalue weighted by atomic mass is 9.89. The average molecular weight is 276 g/mol. The number of hydrogen-bond donors (Lipinski definition) is 1. The Morgan fingerprint density at radius 3 is 2.28 bits per heavy atom. The maximum atomic E-state index is 12.3. The highest BCUT2D eigenvalue weighted by atomic mass is 32.2. The third-order valence-electron chi connectivity index (χ3n) is 3.35. The van der Waals surface area contributed by atoms with Gasteiger partial charge in [0.05, 0.1) is 12.3 Å². The summed E-state index contributed by atoms with van der Waals surface area (Å²) in [4.78, 5) is 25.3. The van der Waals surface area contributed by atoms with Gasteiger partial charge < -0.3 is 10.2 Å². The van der Waals surface area contributed by atoms with E-state index in [9.17, 15) is 18.0 Å². The minimum absolute atomic E-state index is 0.0594. The second-order valence-electron chi connectivity index (χ2n) is 4.69. The molecule has 1 rings (SSSR count). The van der Waals surface area contributed by atoms with Crippen molar-refractivity contribution in [3.63, 3.8) is 0 Å². The van der Waals surface area contributed by atoms with E-state index < -0.39 is 15.4 Å². The number of carbonyl (C=O) groups excluding carboxylic acids is 2. The summed E-state index contributed by atoms with van der Waals surface area (Å²) in [6.07, 6.45) is 2.13. The van der Waals surface area contributed by atoms with Crippen LogP contribution in [0.4, 0.5) is 0 Å². The summed E-state index contributed by atoms with van der Waals surface area (Å²) in [6, 6.07) is 0. The lowest BCUT2D eigenvalue weighted by Crippen LogP contribution is -2.66. The van der Waals surface area contributed by atoms with E-state index in [0.717, 1.165) is 6.26 Å². The summed E-state index contributed by atoms with van der Waals surface area (Å²) in [5.74, 6) is -0.530. The van der Waals surface area contributed by atoms with Gasteiger partial charge in [-0.25, -0.2) is 8.42 Å². The van der Waals surface area contributed by atoms with Crippen LogP contribution < -0.4 is 5.32 Å². The van der Waals surface area contributed by atoms with Crippen LogP contribution in [-0.4, -0.2) is 55.8 Å². The van der Waals surface area contributed by atoms with Crippen molar-refractivity contribution >= 4 is 21.7 Å². The number of nitrogens with one attached hydrogen (secondary N) is 1. The second kappa shape index (κ2) is 5.26. The lowest BCUT2D eigenvalue weighted by Gasteiger charge is -2.41. The Hall–Kier alpha value is -1.11. The Morgan fingerprint density at radius 1 is 1.28 bits per heavy atom. The van der Waals surface area contributed by atoms with Gasteiger partial charge in [0.25, 0.3) is 0 Å². The molecule has 0 saturated carbocycles. The summed E-state index contributed by atoms with van der Waals surface area (Å²) in [6.45, 7) is 3.69. The number of rotatable bonds is 5. The molecule has 0 aliphatic carbocycles. The molecule has 0 bridgehead atoms. The molecule has 1 saturated heterocycles. The summed E-state index contributed by atoms with van der Waals surface area (Å²) in [5, 5.41) is 2.73. The van der Waals surface area contributed by atoms with Gasteiger partial charge >= 0.3 is 0 Å². The lowest BCUT2D eigenvalue weighted by molar-refractivity contribution is -0.150. The van der Waals surface area contributed by atoms with Crippen LogP contribution in [0.5, 0.6) is 0 Å². The molecule has 1 aliphatic heterocycles. The standard InChI is InChI=1S/C11H20N2O4S/c1-4-11(5-2)10(15)13(8-9(14)12-11)6-7-18(3,16)17/h4-8H2,1-3H3,(H,12,14). The Balaban J connectivity index is 2.86. The van der Waals surface area contributed by atoms with E-state index in [1.807, 2.05) is 13.8 Å². The molecule has 0 radical (unpaired) electrons. The van der Waals surface area contributed by atoms with Crippen molar-refractivity contribution in [1.29, 1.82) is 0 Å². The molecule has 0 aromatic rings. The first kappa shape index (κ1) is 14.9. The van der Waals surface area contributed by atoms with Crippen molar-refractivity contribution in [1.82, 2.24) is 10.2 Å². The molecular formula is C11H20N2O4S. The Labute approximate surface area is 108 Å². The normalized spacial score (nSPS) is 19.8. The van der Waals surface area contributed by atoms with Crippen LogP contribution >= 0.6 is 0 Å². The number of piperazine rings is 1. The van der Waals surface area contributed by atoms with Crippen LogP contribution in [0.15, 0.2) is 0 Å². The van der Waals surface area contributed by atoms with Gasteiger partial charge in [-0.15, -0.1) is 0 Å². The van der Waals surface area contributed by atoms with E-state index >= 15 is 0 Å². The number of amides is 2. The summed E-state index contributed by atoms with van der Waals surface area (Å²) < 4.78 is 22.2. The number of hydrogen-bond acceptors (Lipinski definition) is 4. The molecule has 18 heavy (non-hydrogen) atoms. The summed E-state index contributed by atoms with van der Waals surface area (Å²) in [5.41, 5.74) is -0.868. The molecule has 7 heteroatoms. The molecule has 1 fully saturated rings. The van der Waals surface area contributed by atoms with Crippen LogP contribution in [-0.2, 0) is 19.4 Å². The molecular weight excluding hydrogens is 256 g/mol. The Morgan fingerprint density at radius 2 is 1.83 bits per heavy atom. The van der Waals surface area contributed by atoms with Gasteiger partial charge in [-0.3, -0.25) is 9.59 Å². The van der Waals surface area contributed by atoms with Gasteiger partial charge in [0.1, 0.15) is 15.4 Å². The van der Waals surface area contributed by atoms with Crippen molar-refractivity contribution in [3.8, 4) is 0 Å². The first-order valence-electron chi connectivity index (χ1n) is 6.02. The minimum atomic E-state index is -3.14. The summed E-state index contributed by atoms with van der Waals surface area (Å²) >= 11 is 0. The van der Waals surface area contributed by atoms with E-state index in [4.69, 9.17) is 0 Å². The van der Waals surface area contributed by atoms with Crippen molar-refractivity contribution in [2.24, 2.45) is 0 Å². The van der Waals surface area contributed by atoms with E-state index in [2.05, 4.69) is 5.32 Å². The zero-order chi connectivity index (χ0) is 14.0. The largest absolute Gasteiger partial charge is 0.340 e. The molecule has 0 aromatic heterocycles. The van der Waals surface area contributed by atoms with E-state index in [1.165, 1.54) is 4.90 Å². The highest BCUT2D eigenvalue weighted by molar-refractivity contribution is 7.90. The average Bonchev–Trinajstić information content (AvgIpc) is 2.29. The molecule has 2 amide bonds. The predicted octanol–water partition coefficient (Wildman–Crippen LogP) is -0.452. The minimum Gasteiger partial charge on any atom is -0.340 e. The first-order valence-corrected chi connectivity index (χ1v) is 8.08. The molecule has 1 heterocycles. The zero-order valence-corrected chi connectivity index (χ0v) is 11.8. The Kier molecular flexibility index (Phi) is 4.37. The third-order valence-corrected chi connectivity index (χ3v) is 4.27. The highest BCUT2D eigenvalue weighted by Crippen LogP contribution is 2.21. The number of sulfone groups is 1. The molecule has 6 nitrogen and oxygen atoms in total. The quantitative estimate of drug-likeness (QED) is 0.737. The van der Waals surface area contributed by atoms with Crippen molar-refractivity contribution in [3.05, 3.63) is 0 Å². The third kappa shape index (κ3) is 3.22. The summed E-state index contributed by atoms with van der Waals surface area (Å²) in [7, 11) is -3.14. The zero-order valence-electron chi connectivity index (χ0n) is 11.0. The fraction of sp³-hybridized carbons (Fsp3) is 0.818. The molecule has 0 atom stereocenters. The monoisotopic (exact) mass is 276 g/mol. The van der Waals surface area contributed by atoms with Crippen molar-refractivity contribution in [2.75, 3.05) is 25.1 Å². The van der Waals surface area contributed by atoms with Crippen molar-refractivity contribution < 1.29 is 18.0 Å². The van der Waals surface area contributed by atoms with Gasteiger partial charge in [0.2, 0.25) is 11.8 Å². The van der Waals surface area contributed by atoms with Crippen LogP contribution in [0.1, 0.15) is 26.7 Å². The topological polar surface area (TPSA) is 83.6 Å². The van der Waals surface area contributed by atoms with Gasteiger partial charge in [0, 0.05) is 12.8 Å². The van der Waals surface area contributed by atoms with Crippen LogP contribution in [0.2, 0.25) is 0 Å². The van der Waals surface area contributed by atoms with Crippen LogP contribution in [0.3, 0.4) is 0 Å².